The average Bonchev–Trinajstić information content (AvgIpc) is 2.30. The molecule has 0 amide bonds. The van der Waals surface area contributed by atoms with Crippen molar-refractivity contribution in [2.45, 2.75) is 6.42 Å². The Kier molecular flexibility index (Phi) is 3.35. The predicted octanol–water partition coefficient (Wildman–Crippen LogP) is 2.50. The lowest BCUT2D eigenvalue weighted by molar-refractivity contribution is -0.136. The van der Waals surface area contributed by atoms with Gasteiger partial charge in [0.05, 0.1) is 6.42 Å². The lowest BCUT2D eigenvalue weighted by Gasteiger charge is -2.05. The van der Waals surface area contributed by atoms with E-state index in [-0.39, 0.29) is 6.42 Å². The molecule has 0 aliphatic rings. The first kappa shape index (κ1) is 11.1. The molecule has 0 aliphatic carbocycles. The number of ether oxygens (including phenoxy) is 1. The van der Waals surface area contributed by atoms with Gasteiger partial charge in [-0.25, -0.2) is 4.98 Å². The second-order valence-corrected chi connectivity index (χ2v) is 3.49. The van der Waals surface area contributed by atoms with Gasteiger partial charge in [0.2, 0.25) is 5.88 Å². The lowest BCUT2D eigenvalue weighted by atomic mass is 10.1. The van der Waals surface area contributed by atoms with Gasteiger partial charge in [-0.05, 0) is 23.8 Å². The fourth-order valence-electron chi connectivity index (χ4n) is 1.42. The first-order chi connectivity index (χ1) is 8.24. The Balaban J connectivity index is 2.14. The number of nitrogens with zero attached hydrogens (tertiary/aromatic N) is 1. The van der Waals surface area contributed by atoms with Crippen molar-refractivity contribution < 1.29 is 14.6 Å². The van der Waals surface area contributed by atoms with Gasteiger partial charge in [-0.15, -0.1) is 0 Å². The predicted molar refractivity (Wildman–Crippen MR) is 62.1 cm³/mol. The quantitative estimate of drug-likeness (QED) is 0.875. The molecule has 1 aromatic carbocycles. The van der Waals surface area contributed by atoms with Crippen LogP contribution >= 0.6 is 0 Å². The smallest absolute Gasteiger partial charge is 0.307 e. The zero-order valence-corrected chi connectivity index (χ0v) is 9.04. The molecule has 17 heavy (non-hydrogen) atoms. The second kappa shape index (κ2) is 5.12. The molecule has 0 spiro atoms. The molecule has 1 heterocycles. The molecule has 0 radical (unpaired) electrons. The summed E-state index contributed by atoms with van der Waals surface area (Å²) in [6.45, 7) is 0. The molecule has 1 aromatic heterocycles. The highest BCUT2D eigenvalue weighted by Gasteiger charge is 2.03. The fourth-order valence-corrected chi connectivity index (χ4v) is 1.42. The number of rotatable bonds is 4. The number of carboxylic acid groups (broad SMARTS) is 1. The van der Waals surface area contributed by atoms with E-state index in [9.17, 15) is 4.79 Å². The molecular formula is C13H11NO3. The van der Waals surface area contributed by atoms with Crippen LogP contribution in [-0.4, -0.2) is 16.1 Å². The van der Waals surface area contributed by atoms with Gasteiger partial charge in [0, 0.05) is 12.3 Å². The summed E-state index contributed by atoms with van der Waals surface area (Å²) >= 11 is 0. The van der Waals surface area contributed by atoms with Crippen LogP contribution in [0.25, 0.3) is 0 Å². The van der Waals surface area contributed by atoms with Crippen LogP contribution in [0.1, 0.15) is 5.56 Å². The van der Waals surface area contributed by atoms with Gasteiger partial charge in [0.1, 0.15) is 5.75 Å². The maximum Gasteiger partial charge on any atom is 0.307 e. The van der Waals surface area contributed by atoms with Crippen molar-refractivity contribution in [2.24, 2.45) is 0 Å². The number of pyridine rings is 1. The Morgan fingerprint density at radius 1 is 1.24 bits per heavy atom. The third kappa shape index (κ3) is 3.31. The van der Waals surface area contributed by atoms with E-state index in [0.717, 1.165) is 0 Å². The summed E-state index contributed by atoms with van der Waals surface area (Å²) in [6.07, 6.45) is 1.62. The van der Waals surface area contributed by atoms with Crippen molar-refractivity contribution in [2.75, 3.05) is 0 Å². The summed E-state index contributed by atoms with van der Waals surface area (Å²) in [6, 6.07) is 12.3. The largest absolute Gasteiger partial charge is 0.481 e. The SMILES string of the molecule is O=C(O)Cc1cccc(Oc2ccccn2)c1. The van der Waals surface area contributed by atoms with Gasteiger partial charge in [-0.3, -0.25) is 4.79 Å². The number of aliphatic carboxylic acids is 1. The molecule has 4 heteroatoms. The summed E-state index contributed by atoms with van der Waals surface area (Å²) in [4.78, 5) is 14.6. The van der Waals surface area contributed by atoms with E-state index >= 15 is 0 Å². The van der Waals surface area contributed by atoms with Gasteiger partial charge in [0.15, 0.2) is 0 Å². The molecular weight excluding hydrogens is 218 g/mol. The van der Waals surface area contributed by atoms with E-state index in [1.807, 2.05) is 6.07 Å². The van der Waals surface area contributed by atoms with E-state index < -0.39 is 5.97 Å². The minimum Gasteiger partial charge on any atom is -0.481 e. The zero-order valence-electron chi connectivity index (χ0n) is 9.04. The van der Waals surface area contributed by atoms with Crippen LogP contribution in [0, 0.1) is 0 Å². The molecule has 2 aromatic rings. The minimum atomic E-state index is -0.861. The molecule has 0 aliphatic heterocycles. The Morgan fingerprint density at radius 3 is 2.82 bits per heavy atom. The van der Waals surface area contributed by atoms with Crippen LogP contribution < -0.4 is 4.74 Å². The van der Waals surface area contributed by atoms with Crippen LogP contribution in [0.2, 0.25) is 0 Å². The minimum absolute atomic E-state index is 0.0145. The topological polar surface area (TPSA) is 59.4 Å². The second-order valence-electron chi connectivity index (χ2n) is 3.49. The van der Waals surface area contributed by atoms with Crippen molar-refractivity contribution in [3.63, 3.8) is 0 Å². The summed E-state index contributed by atoms with van der Waals surface area (Å²) in [7, 11) is 0. The monoisotopic (exact) mass is 229 g/mol. The number of hydrogen-bond acceptors (Lipinski definition) is 3. The number of benzene rings is 1. The molecule has 0 unspecified atom stereocenters. The van der Waals surface area contributed by atoms with E-state index in [1.165, 1.54) is 0 Å². The van der Waals surface area contributed by atoms with Crippen LogP contribution in [0.5, 0.6) is 11.6 Å². The molecule has 0 fully saturated rings. The van der Waals surface area contributed by atoms with E-state index in [4.69, 9.17) is 9.84 Å². The first-order valence-corrected chi connectivity index (χ1v) is 5.13. The number of carbonyl (C=O) groups is 1. The molecule has 0 atom stereocenters. The Labute approximate surface area is 98.5 Å². The Hall–Kier alpha value is -2.36. The molecule has 0 saturated heterocycles. The molecule has 0 saturated carbocycles. The molecule has 4 nitrogen and oxygen atoms in total. The number of carboxylic acids is 1. The maximum atomic E-state index is 10.6. The normalized spacial score (nSPS) is 9.88. The fraction of sp³-hybridized carbons (Fsp3) is 0.0769. The van der Waals surface area contributed by atoms with Crippen LogP contribution in [0.4, 0.5) is 0 Å². The highest BCUT2D eigenvalue weighted by atomic mass is 16.5. The summed E-state index contributed by atoms with van der Waals surface area (Å²) in [5, 5.41) is 8.69. The van der Waals surface area contributed by atoms with Gasteiger partial charge in [0.25, 0.3) is 0 Å². The molecule has 2 rings (SSSR count). The van der Waals surface area contributed by atoms with Crippen LogP contribution in [0.3, 0.4) is 0 Å². The number of hydrogen-bond donors (Lipinski definition) is 1. The molecule has 0 bridgehead atoms. The van der Waals surface area contributed by atoms with Crippen molar-refractivity contribution in [3.05, 3.63) is 54.2 Å². The van der Waals surface area contributed by atoms with Gasteiger partial charge in [-0.2, -0.15) is 0 Å². The average molecular weight is 229 g/mol. The third-order valence-electron chi connectivity index (χ3n) is 2.11. The van der Waals surface area contributed by atoms with Crippen LogP contribution in [-0.2, 0) is 11.2 Å². The maximum absolute atomic E-state index is 10.6. The van der Waals surface area contributed by atoms with Crippen molar-refractivity contribution in [1.82, 2.24) is 4.98 Å². The number of aromatic nitrogens is 1. The van der Waals surface area contributed by atoms with E-state index in [1.54, 1.807) is 42.6 Å². The van der Waals surface area contributed by atoms with Crippen molar-refractivity contribution in [3.8, 4) is 11.6 Å². The molecule has 1 N–H and O–H groups in total. The Bertz CT molecular complexity index is 511. The lowest BCUT2D eigenvalue weighted by Crippen LogP contribution is -1.99. The first-order valence-electron chi connectivity index (χ1n) is 5.13. The van der Waals surface area contributed by atoms with E-state index in [2.05, 4.69) is 4.98 Å². The van der Waals surface area contributed by atoms with Gasteiger partial charge >= 0.3 is 5.97 Å². The van der Waals surface area contributed by atoms with Gasteiger partial charge in [-0.1, -0.05) is 18.2 Å². The third-order valence-corrected chi connectivity index (χ3v) is 2.11. The van der Waals surface area contributed by atoms with Crippen molar-refractivity contribution >= 4 is 5.97 Å². The summed E-state index contributed by atoms with van der Waals surface area (Å²) in [5.41, 5.74) is 0.700. The highest BCUT2D eigenvalue weighted by molar-refractivity contribution is 5.70. The highest BCUT2D eigenvalue weighted by Crippen LogP contribution is 2.20. The van der Waals surface area contributed by atoms with Crippen LogP contribution in [0.15, 0.2) is 48.7 Å². The molecule has 86 valence electrons. The van der Waals surface area contributed by atoms with E-state index in [0.29, 0.717) is 17.2 Å². The summed E-state index contributed by atoms with van der Waals surface area (Å²) < 4.78 is 5.50. The van der Waals surface area contributed by atoms with Crippen molar-refractivity contribution in [1.29, 1.82) is 0 Å². The Morgan fingerprint density at radius 2 is 2.12 bits per heavy atom. The van der Waals surface area contributed by atoms with Gasteiger partial charge < -0.3 is 9.84 Å². The summed E-state index contributed by atoms with van der Waals surface area (Å²) in [5.74, 6) is 0.211. The standard InChI is InChI=1S/C13H11NO3/c15-13(16)9-10-4-3-5-11(8-10)17-12-6-1-2-7-14-12/h1-8H,9H2,(H,15,16). The zero-order chi connectivity index (χ0) is 12.1.